The Hall–Kier alpha value is -3.65. The molecule has 0 spiro atoms. The number of nitrogens with zero attached hydrogens (tertiary/aromatic N) is 3. The summed E-state index contributed by atoms with van der Waals surface area (Å²) in [7, 11) is 0. The molecule has 0 aliphatic heterocycles. The molecule has 0 bridgehead atoms. The van der Waals surface area contributed by atoms with Crippen molar-refractivity contribution < 1.29 is 9.21 Å². The first-order chi connectivity index (χ1) is 15.1. The summed E-state index contributed by atoms with van der Waals surface area (Å²) in [5, 5.41) is 7.82. The van der Waals surface area contributed by atoms with E-state index in [1.165, 1.54) is 10.9 Å². The standard InChI is InChI=1S/C22H18ClN5O3/c23-14-6-3-5-13(11-14)20(29)25-19-12-17(18-9-4-10-31-18)27-28(19)22-24-16-8-2-1-7-15(16)21(30)26-22/h3-6,9-12H,1-2,7-8H2,(H,25,29)(H,24,26,30). The van der Waals surface area contributed by atoms with Gasteiger partial charge in [0, 0.05) is 22.2 Å². The minimum atomic E-state index is -0.366. The van der Waals surface area contributed by atoms with Crippen LogP contribution in [0.1, 0.15) is 34.5 Å². The van der Waals surface area contributed by atoms with Crippen LogP contribution in [0.25, 0.3) is 17.4 Å². The summed E-state index contributed by atoms with van der Waals surface area (Å²) in [6.45, 7) is 0. The van der Waals surface area contributed by atoms with E-state index >= 15 is 0 Å². The molecule has 5 rings (SSSR count). The number of anilines is 1. The third-order valence-corrected chi connectivity index (χ3v) is 5.43. The number of rotatable bonds is 4. The van der Waals surface area contributed by atoms with Crippen LogP contribution in [0, 0.1) is 0 Å². The van der Waals surface area contributed by atoms with Gasteiger partial charge in [-0.3, -0.25) is 14.6 Å². The number of aromatic amines is 1. The van der Waals surface area contributed by atoms with E-state index in [1.54, 1.807) is 42.5 Å². The van der Waals surface area contributed by atoms with Crippen molar-refractivity contribution in [3.05, 3.63) is 80.9 Å². The largest absolute Gasteiger partial charge is 0.463 e. The van der Waals surface area contributed by atoms with Crippen LogP contribution in [0.3, 0.4) is 0 Å². The van der Waals surface area contributed by atoms with Crippen molar-refractivity contribution >= 4 is 23.3 Å². The molecular formula is C22H18ClN5O3. The highest BCUT2D eigenvalue weighted by Crippen LogP contribution is 2.25. The lowest BCUT2D eigenvalue weighted by Crippen LogP contribution is -2.24. The molecule has 31 heavy (non-hydrogen) atoms. The molecule has 4 aromatic rings. The van der Waals surface area contributed by atoms with E-state index < -0.39 is 0 Å². The van der Waals surface area contributed by atoms with Gasteiger partial charge in [-0.1, -0.05) is 17.7 Å². The number of carbonyl (C=O) groups is 1. The first-order valence-electron chi connectivity index (χ1n) is 9.92. The van der Waals surface area contributed by atoms with Gasteiger partial charge in [0.05, 0.1) is 12.0 Å². The molecule has 1 aliphatic carbocycles. The SMILES string of the molecule is O=C(Nc1cc(-c2ccco2)nn1-c1nc2c(c(=O)[nH]1)CCCC2)c1cccc(Cl)c1. The maximum Gasteiger partial charge on any atom is 0.256 e. The molecule has 0 saturated heterocycles. The molecule has 0 unspecified atom stereocenters. The Balaban J connectivity index is 1.59. The lowest BCUT2D eigenvalue weighted by atomic mass is 9.97. The van der Waals surface area contributed by atoms with Crippen LogP contribution in [0.15, 0.2) is 57.9 Å². The van der Waals surface area contributed by atoms with Crippen LogP contribution in [0.2, 0.25) is 5.02 Å². The summed E-state index contributed by atoms with van der Waals surface area (Å²) < 4.78 is 6.86. The number of hydrogen-bond donors (Lipinski definition) is 2. The van der Waals surface area contributed by atoms with Crippen molar-refractivity contribution in [2.24, 2.45) is 0 Å². The van der Waals surface area contributed by atoms with Gasteiger partial charge in [0.2, 0.25) is 5.95 Å². The van der Waals surface area contributed by atoms with Gasteiger partial charge < -0.3 is 9.73 Å². The van der Waals surface area contributed by atoms with Crippen molar-refractivity contribution in [1.82, 2.24) is 19.7 Å². The lowest BCUT2D eigenvalue weighted by Gasteiger charge is -2.15. The molecule has 0 radical (unpaired) electrons. The van der Waals surface area contributed by atoms with Gasteiger partial charge >= 0.3 is 0 Å². The topological polar surface area (TPSA) is 106 Å². The molecule has 0 saturated carbocycles. The summed E-state index contributed by atoms with van der Waals surface area (Å²) in [6.07, 6.45) is 4.95. The fourth-order valence-electron chi connectivity index (χ4n) is 3.68. The number of furan rings is 1. The molecule has 1 amide bonds. The molecule has 0 fully saturated rings. The highest BCUT2D eigenvalue weighted by atomic mass is 35.5. The maximum absolute atomic E-state index is 12.8. The van der Waals surface area contributed by atoms with Crippen molar-refractivity contribution in [2.45, 2.75) is 25.7 Å². The summed E-state index contributed by atoms with van der Waals surface area (Å²) in [4.78, 5) is 32.9. The Kier molecular flexibility index (Phi) is 4.91. The second-order valence-corrected chi connectivity index (χ2v) is 7.73. The van der Waals surface area contributed by atoms with Crippen molar-refractivity contribution in [2.75, 3.05) is 5.32 Å². The number of aromatic nitrogens is 4. The first kappa shape index (κ1) is 19.3. The fraction of sp³-hybridized carbons (Fsp3) is 0.182. The number of aryl methyl sites for hydroxylation is 1. The van der Waals surface area contributed by atoms with Gasteiger partial charge in [0.25, 0.3) is 11.5 Å². The second-order valence-electron chi connectivity index (χ2n) is 7.29. The van der Waals surface area contributed by atoms with E-state index in [0.717, 1.165) is 30.5 Å². The van der Waals surface area contributed by atoms with E-state index in [1.807, 2.05) is 0 Å². The number of fused-ring (bicyclic) bond motifs is 1. The van der Waals surface area contributed by atoms with Crippen LogP contribution < -0.4 is 10.9 Å². The van der Waals surface area contributed by atoms with Crippen LogP contribution in [0.5, 0.6) is 0 Å². The third kappa shape index (κ3) is 3.77. The molecule has 156 valence electrons. The van der Waals surface area contributed by atoms with Crippen LogP contribution in [-0.4, -0.2) is 25.7 Å². The number of benzene rings is 1. The van der Waals surface area contributed by atoms with Gasteiger partial charge in [-0.2, -0.15) is 9.78 Å². The number of H-pyrrole nitrogens is 1. The summed E-state index contributed by atoms with van der Waals surface area (Å²) >= 11 is 6.02. The first-order valence-corrected chi connectivity index (χ1v) is 10.3. The Morgan fingerprint density at radius 2 is 2.03 bits per heavy atom. The van der Waals surface area contributed by atoms with E-state index in [0.29, 0.717) is 34.3 Å². The third-order valence-electron chi connectivity index (χ3n) is 5.19. The average Bonchev–Trinajstić information content (AvgIpc) is 3.44. The number of nitrogens with one attached hydrogen (secondary N) is 2. The van der Waals surface area contributed by atoms with E-state index in [2.05, 4.69) is 20.4 Å². The molecule has 1 aromatic carbocycles. The minimum absolute atomic E-state index is 0.179. The molecule has 9 heteroatoms. The van der Waals surface area contributed by atoms with Crippen LogP contribution in [0.4, 0.5) is 5.82 Å². The Morgan fingerprint density at radius 1 is 1.16 bits per heavy atom. The lowest BCUT2D eigenvalue weighted by molar-refractivity contribution is 0.102. The molecule has 1 aliphatic rings. The van der Waals surface area contributed by atoms with Crippen molar-refractivity contribution in [3.63, 3.8) is 0 Å². The number of hydrogen-bond acceptors (Lipinski definition) is 5. The molecule has 3 heterocycles. The zero-order valence-corrected chi connectivity index (χ0v) is 17.1. The normalized spacial score (nSPS) is 13.1. The van der Waals surface area contributed by atoms with E-state index in [-0.39, 0.29) is 17.4 Å². The van der Waals surface area contributed by atoms with Gasteiger partial charge in [0.15, 0.2) is 5.76 Å². The second kappa shape index (κ2) is 7.88. The Morgan fingerprint density at radius 3 is 2.84 bits per heavy atom. The van der Waals surface area contributed by atoms with Crippen molar-refractivity contribution in [1.29, 1.82) is 0 Å². The smallest absolute Gasteiger partial charge is 0.256 e. The quantitative estimate of drug-likeness (QED) is 0.504. The van der Waals surface area contributed by atoms with Gasteiger partial charge in [-0.15, -0.1) is 0 Å². The maximum atomic E-state index is 12.8. The number of amides is 1. The Labute approximate surface area is 181 Å². The summed E-state index contributed by atoms with van der Waals surface area (Å²) in [5.74, 6) is 0.743. The van der Waals surface area contributed by atoms with Gasteiger partial charge in [-0.05, 0) is 56.0 Å². The summed E-state index contributed by atoms with van der Waals surface area (Å²) in [5.41, 5.74) is 2.20. The van der Waals surface area contributed by atoms with E-state index in [9.17, 15) is 9.59 Å². The predicted molar refractivity (Wildman–Crippen MR) is 116 cm³/mol. The van der Waals surface area contributed by atoms with Crippen molar-refractivity contribution in [3.8, 4) is 17.4 Å². The molecular weight excluding hydrogens is 418 g/mol. The molecule has 0 atom stereocenters. The molecule has 3 aromatic heterocycles. The number of carbonyl (C=O) groups excluding carboxylic acids is 1. The fourth-order valence-corrected chi connectivity index (χ4v) is 3.88. The molecule has 8 nitrogen and oxygen atoms in total. The van der Waals surface area contributed by atoms with Gasteiger partial charge in [0.1, 0.15) is 11.5 Å². The Bertz CT molecular complexity index is 1320. The number of halogens is 1. The molecule has 2 N–H and O–H groups in total. The zero-order chi connectivity index (χ0) is 21.4. The van der Waals surface area contributed by atoms with Crippen LogP contribution >= 0.6 is 11.6 Å². The minimum Gasteiger partial charge on any atom is -0.463 e. The monoisotopic (exact) mass is 435 g/mol. The summed E-state index contributed by atoms with van der Waals surface area (Å²) in [6, 6.07) is 11.8. The zero-order valence-electron chi connectivity index (χ0n) is 16.4. The highest BCUT2D eigenvalue weighted by molar-refractivity contribution is 6.31. The predicted octanol–water partition coefficient (Wildman–Crippen LogP) is 4.00. The van der Waals surface area contributed by atoms with Gasteiger partial charge in [-0.25, -0.2) is 4.98 Å². The average molecular weight is 436 g/mol. The van der Waals surface area contributed by atoms with E-state index in [4.69, 9.17) is 16.0 Å². The van der Waals surface area contributed by atoms with Crippen LogP contribution in [-0.2, 0) is 12.8 Å². The highest BCUT2D eigenvalue weighted by Gasteiger charge is 2.21.